The highest BCUT2D eigenvalue weighted by Gasteiger charge is 2.08. The molecule has 92 valence electrons. The van der Waals surface area contributed by atoms with Crippen molar-refractivity contribution in [1.82, 2.24) is 4.98 Å². The minimum absolute atomic E-state index is 0.315. The first-order chi connectivity index (χ1) is 9.25. The number of hydrogen-bond acceptors (Lipinski definition) is 2. The SMILES string of the molecule is NC(=O)c1nccc2ccc(-c3ccccc3)cc12. The van der Waals surface area contributed by atoms with Crippen LogP contribution in [0.5, 0.6) is 0 Å². The molecule has 0 aliphatic rings. The molecule has 0 aliphatic carbocycles. The van der Waals surface area contributed by atoms with Crippen LogP contribution in [0.15, 0.2) is 60.8 Å². The van der Waals surface area contributed by atoms with Crippen LogP contribution in [0, 0.1) is 0 Å². The number of benzene rings is 2. The predicted octanol–water partition coefficient (Wildman–Crippen LogP) is 3.00. The number of primary amides is 1. The molecule has 3 aromatic rings. The summed E-state index contributed by atoms with van der Waals surface area (Å²) in [6.07, 6.45) is 1.60. The van der Waals surface area contributed by atoms with Crippen molar-refractivity contribution in [2.24, 2.45) is 5.73 Å². The summed E-state index contributed by atoms with van der Waals surface area (Å²) in [5.41, 5.74) is 7.83. The quantitative estimate of drug-likeness (QED) is 0.758. The Morgan fingerprint density at radius 2 is 1.74 bits per heavy atom. The first-order valence-corrected chi connectivity index (χ1v) is 6.00. The number of carbonyl (C=O) groups excluding carboxylic acids is 1. The van der Waals surface area contributed by atoms with Crippen molar-refractivity contribution in [1.29, 1.82) is 0 Å². The van der Waals surface area contributed by atoms with Crippen molar-refractivity contribution >= 4 is 16.7 Å². The zero-order chi connectivity index (χ0) is 13.2. The van der Waals surface area contributed by atoms with E-state index in [1.165, 1.54) is 0 Å². The van der Waals surface area contributed by atoms with Crippen LogP contribution in [0.2, 0.25) is 0 Å². The number of carbonyl (C=O) groups is 1. The highest BCUT2D eigenvalue weighted by atomic mass is 16.1. The standard InChI is InChI=1S/C16H12N2O/c17-16(19)15-14-10-13(11-4-2-1-3-5-11)7-6-12(14)8-9-18-15/h1-10H,(H2,17,19). The van der Waals surface area contributed by atoms with E-state index >= 15 is 0 Å². The summed E-state index contributed by atoms with van der Waals surface area (Å²) in [5, 5.41) is 1.75. The molecule has 2 N–H and O–H groups in total. The van der Waals surface area contributed by atoms with Crippen molar-refractivity contribution in [3.63, 3.8) is 0 Å². The maximum absolute atomic E-state index is 11.4. The lowest BCUT2D eigenvalue weighted by Crippen LogP contribution is -2.13. The van der Waals surface area contributed by atoms with E-state index in [1.54, 1.807) is 6.20 Å². The Kier molecular flexibility index (Phi) is 2.72. The molecule has 3 nitrogen and oxygen atoms in total. The number of aromatic nitrogens is 1. The number of hydrogen-bond donors (Lipinski definition) is 1. The highest BCUT2D eigenvalue weighted by molar-refractivity contribution is 6.05. The average molecular weight is 248 g/mol. The van der Waals surface area contributed by atoms with Gasteiger partial charge in [-0.15, -0.1) is 0 Å². The van der Waals surface area contributed by atoms with Crippen molar-refractivity contribution < 1.29 is 4.79 Å². The summed E-state index contributed by atoms with van der Waals surface area (Å²) in [7, 11) is 0. The van der Waals surface area contributed by atoms with Gasteiger partial charge in [-0.3, -0.25) is 9.78 Å². The Morgan fingerprint density at radius 1 is 0.947 bits per heavy atom. The molecule has 0 spiro atoms. The molecule has 1 heterocycles. The maximum Gasteiger partial charge on any atom is 0.267 e. The molecule has 0 bridgehead atoms. The molecule has 3 heteroatoms. The Labute approximate surface area is 110 Å². The smallest absolute Gasteiger partial charge is 0.267 e. The van der Waals surface area contributed by atoms with Crippen molar-refractivity contribution in [2.45, 2.75) is 0 Å². The maximum atomic E-state index is 11.4. The molecule has 0 saturated heterocycles. The van der Waals surface area contributed by atoms with Gasteiger partial charge in [0.25, 0.3) is 5.91 Å². The Morgan fingerprint density at radius 3 is 2.47 bits per heavy atom. The van der Waals surface area contributed by atoms with E-state index in [0.717, 1.165) is 21.9 Å². The normalized spacial score (nSPS) is 10.5. The van der Waals surface area contributed by atoms with E-state index in [0.29, 0.717) is 5.69 Å². The molecule has 1 aromatic heterocycles. The van der Waals surface area contributed by atoms with Crippen LogP contribution >= 0.6 is 0 Å². The molecule has 0 atom stereocenters. The van der Waals surface area contributed by atoms with E-state index in [-0.39, 0.29) is 0 Å². The summed E-state index contributed by atoms with van der Waals surface area (Å²) in [5.74, 6) is -0.504. The first-order valence-electron chi connectivity index (χ1n) is 6.00. The monoisotopic (exact) mass is 248 g/mol. The minimum Gasteiger partial charge on any atom is -0.364 e. The van der Waals surface area contributed by atoms with Gasteiger partial charge in [-0.05, 0) is 28.6 Å². The predicted molar refractivity (Wildman–Crippen MR) is 75.7 cm³/mol. The Bertz CT molecular complexity index is 751. The summed E-state index contributed by atoms with van der Waals surface area (Å²) in [6.45, 7) is 0. The van der Waals surface area contributed by atoms with Gasteiger partial charge < -0.3 is 5.73 Å². The van der Waals surface area contributed by atoms with Gasteiger partial charge in [0.05, 0.1) is 0 Å². The first kappa shape index (κ1) is 11.4. The van der Waals surface area contributed by atoms with Gasteiger partial charge in [-0.25, -0.2) is 0 Å². The van der Waals surface area contributed by atoms with E-state index in [9.17, 15) is 4.79 Å². The molecule has 19 heavy (non-hydrogen) atoms. The van der Waals surface area contributed by atoms with Gasteiger partial charge >= 0.3 is 0 Å². The van der Waals surface area contributed by atoms with Gasteiger partial charge in [0.15, 0.2) is 0 Å². The van der Waals surface area contributed by atoms with E-state index in [4.69, 9.17) is 5.73 Å². The zero-order valence-electron chi connectivity index (χ0n) is 10.2. The number of pyridine rings is 1. The molecule has 1 amide bonds. The number of nitrogens with zero attached hydrogens (tertiary/aromatic N) is 1. The van der Waals surface area contributed by atoms with Crippen LogP contribution in [0.25, 0.3) is 21.9 Å². The molecule has 0 saturated carbocycles. The molecular formula is C16H12N2O. The third-order valence-corrected chi connectivity index (χ3v) is 3.11. The van der Waals surface area contributed by atoms with E-state index in [1.807, 2.05) is 54.6 Å². The third kappa shape index (κ3) is 2.06. The van der Waals surface area contributed by atoms with E-state index < -0.39 is 5.91 Å². The van der Waals surface area contributed by atoms with Gasteiger partial charge in [0, 0.05) is 11.6 Å². The zero-order valence-corrected chi connectivity index (χ0v) is 10.2. The summed E-state index contributed by atoms with van der Waals surface area (Å²) >= 11 is 0. The van der Waals surface area contributed by atoms with Crippen molar-refractivity contribution in [3.8, 4) is 11.1 Å². The topological polar surface area (TPSA) is 56.0 Å². The van der Waals surface area contributed by atoms with Crippen LogP contribution in [0.4, 0.5) is 0 Å². The van der Waals surface area contributed by atoms with E-state index in [2.05, 4.69) is 4.98 Å². The number of rotatable bonds is 2. The largest absolute Gasteiger partial charge is 0.364 e. The fourth-order valence-corrected chi connectivity index (χ4v) is 2.17. The average Bonchev–Trinajstić information content (AvgIpc) is 2.47. The number of amides is 1. The minimum atomic E-state index is -0.504. The molecule has 3 rings (SSSR count). The second kappa shape index (κ2) is 4.53. The van der Waals surface area contributed by atoms with Crippen LogP contribution < -0.4 is 5.73 Å². The molecule has 2 aromatic carbocycles. The fraction of sp³-hybridized carbons (Fsp3) is 0. The molecule has 0 unspecified atom stereocenters. The lowest BCUT2D eigenvalue weighted by molar-refractivity contribution is 0.0997. The lowest BCUT2D eigenvalue weighted by Gasteiger charge is -2.06. The van der Waals surface area contributed by atoms with Gasteiger partial charge in [0.1, 0.15) is 5.69 Å². The summed E-state index contributed by atoms with van der Waals surface area (Å²) < 4.78 is 0. The van der Waals surface area contributed by atoms with Crippen LogP contribution in [-0.2, 0) is 0 Å². The number of nitrogens with two attached hydrogens (primary N) is 1. The number of fused-ring (bicyclic) bond motifs is 1. The molecule has 0 aliphatic heterocycles. The highest BCUT2D eigenvalue weighted by Crippen LogP contribution is 2.25. The second-order valence-electron chi connectivity index (χ2n) is 4.33. The molecule has 0 fully saturated rings. The fourth-order valence-electron chi connectivity index (χ4n) is 2.17. The third-order valence-electron chi connectivity index (χ3n) is 3.11. The van der Waals surface area contributed by atoms with Crippen molar-refractivity contribution in [3.05, 3.63) is 66.5 Å². The van der Waals surface area contributed by atoms with Crippen molar-refractivity contribution in [2.75, 3.05) is 0 Å². The summed E-state index contributed by atoms with van der Waals surface area (Å²) in [6, 6.07) is 17.8. The Balaban J connectivity index is 2.25. The van der Waals surface area contributed by atoms with Crippen LogP contribution in [-0.4, -0.2) is 10.9 Å². The van der Waals surface area contributed by atoms with Gasteiger partial charge in [-0.2, -0.15) is 0 Å². The lowest BCUT2D eigenvalue weighted by atomic mass is 10.0. The molecular weight excluding hydrogens is 236 g/mol. The van der Waals surface area contributed by atoms with Gasteiger partial charge in [0.2, 0.25) is 0 Å². The van der Waals surface area contributed by atoms with Gasteiger partial charge in [-0.1, -0.05) is 42.5 Å². The second-order valence-corrected chi connectivity index (χ2v) is 4.33. The van der Waals surface area contributed by atoms with Crippen LogP contribution in [0.3, 0.4) is 0 Å². The van der Waals surface area contributed by atoms with Crippen LogP contribution in [0.1, 0.15) is 10.5 Å². The summed E-state index contributed by atoms with van der Waals surface area (Å²) in [4.78, 5) is 15.5. The Hall–Kier alpha value is -2.68. The molecule has 0 radical (unpaired) electrons.